The number of carbonyl (C=O) groups excluding carboxylic acids is 1. The van der Waals surface area contributed by atoms with Crippen LogP contribution in [-0.2, 0) is 4.79 Å². The summed E-state index contributed by atoms with van der Waals surface area (Å²) < 4.78 is 5.53. The standard InChI is InChI=1S/C20H24N2O2S/c1-24-19-12-5-4-10-17(19)16-9-2-3-11-18(16)20(23)22-14-7-6-8-15(13-14)25-21/h4-8,10,12-13,16,18H,2-3,9,11,21H2,1H3,(H,22,23). The Bertz CT molecular complexity index is 735. The summed E-state index contributed by atoms with van der Waals surface area (Å²) in [5.41, 5.74) is 1.93. The quantitative estimate of drug-likeness (QED) is 0.770. The molecule has 2 atom stereocenters. The van der Waals surface area contributed by atoms with Gasteiger partial charge in [0.1, 0.15) is 5.75 Å². The zero-order valence-electron chi connectivity index (χ0n) is 14.4. The van der Waals surface area contributed by atoms with E-state index in [-0.39, 0.29) is 17.7 Å². The number of para-hydroxylation sites is 1. The number of carbonyl (C=O) groups is 1. The fourth-order valence-corrected chi connectivity index (χ4v) is 4.02. The Morgan fingerprint density at radius 1 is 1.16 bits per heavy atom. The fourth-order valence-electron chi connectivity index (χ4n) is 3.67. The van der Waals surface area contributed by atoms with E-state index < -0.39 is 0 Å². The summed E-state index contributed by atoms with van der Waals surface area (Å²) in [6.07, 6.45) is 4.14. The molecule has 1 aliphatic rings. The van der Waals surface area contributed by atoms with Gasteiger partial charge in [-0.25, -0.2) is 0 Å². The highest BCUT2D eigenvalue weighted by Gasteiger charge is 2.33. The Labute approximate surface area is 153 Å². The number of nitrogens with two attached hydrogens (primary N) is 1. The van der Waals surface area contributed by atoms with Crippen molar-refractivity contribution in [3.63, 3.8) is 0 Å². The molecule has 2 unspecified atom stereocenters. The van der Waals surface area contributed by atoms with Crippen LogP contribution in [0, 0.1) is 5.92 Å². The number of anilines is 1. The third kappa shape index (κ3) is 4.17. The molecule has 3 N–H and O–H groups in total. The molecule has 3 rings (SSSR count). The summed E-state index contributed by atoms with van der Waals surface area (Å²) in [6.45, 7) is 0. The lowest BCUT2D eigenvalue weighted by Crippen LogP contribution is -2.31. The van der Waals surface area contributed by atoms with E-state index in [1.54, 1.807) is 7.11 Å². The maximum Gasteiger partial charge on any atom is 0.228 e. The number of methoxy groups -OCH3 is 1. The number of benzene rings is 2. The van der Waals surface area contributed by atoms with Gasteiger partial charge in [0.25, 0.3) is 0 Å². The molecule has 1 amide bonds. The van der Waals surface area contributed by atoms with Crippen LogP contribution in [0.4, 0.5) is 5.69 Å². The molecule has 4 nitrogen and oxygen atoms in total. The second kappa shape index (κ2) is 8.41. The molecule has 2 aromatic rings. The molecule has 1 saturated carbocycles. The van der Waals surface area contributed by atoms with Crippen molar-refractivity contribution in [2.45, 2.75) is 36.5 Å². The lowest BCUT2D eigenvalue weighted by molar-refractivity contribution is -0.121. The van der Waals surface area contributed by atoms with Gasteiger partial charge in [0, 0.05) is 16.5 Å². The van der Waals surface area contributed by atoms with Gasteiger partial charge < -0.3 is 10.1 Å². The maximum absolute atomic E-state index is 13.0. The Morgan fingerprint density at radius 2 is 1.96 bits per heavy atom. The third-order valence-corrected chi connectivity index (χ3v) is 5.40. The van der Waals surface area contributed by atoms with Crippen molar-refractivity contribution >= 4 is 23.5 Å². The second-order valence-corrected chi connectivity index (χ2v) is 7.08. The van der Waals surface area contributed by atoms with Crippen molar-refractivity contribution in [1.82, 2.24) is 0 Å². The van der Waals surface area contributed by atoms with Crippen molar-refractivity contribution in [1.29, 1.82) is 0 Å². The van der Waals surface area contributed by atoms with Crippen molar-refractivity contribution < 1.29 is 9.53 Å². The monoisotopic (exact) mass is 356 g/mol. The smallest absolute Gasteiger partial charge is 0.228 e. The van der Waals surface area contributed by atoms with E-state index in [0.717, 1.165) is 47.6 Å². The van der Waals surface area contributed by atoms with Crippen molar-refractivity contribution in [2.24, 2.45) is 11.1 Å². The van der Waals surface area contributed by atoms with E-state index in [0.29, 0.717) is 0 Å². The summed E-state index contributed by atoms with van der Waals surface area (Å²) in [7, 11) is 1.69. The van der Waals surface area contributed by atoms with Crippen molar-refractivity contribution in [2.75, 3.05) is 12.4 Å². The van der Waals surface area contributed by atoms with E-state index in [1.165, 1.54) is 11.9 Å². The summed E-state index contributed by atoms with van der Waals surface area (Å²) in [5, 5.41) is 8.69. The van der Waals surface area contributed by atoms with Gasteiger partial charge in [0.2, 0.25) is 5.91 Å². The number of amides is 1. The van der Waals surface area contributed by atoms with Gasteiger partial charge in [-0.15, -0.1) is 0 Å². The SMILES string of the molecule is COc1ccccc1C1CCCCC1C(=O)Nc1cccc(SN)c1. The molecular weight excluding hydrogens is 332 g/mol. The maximum atomic E-state index is 13.0. The molecule has 0 radical (unpaired) electrons. The van der Waals surface area contributed by atoms with Gasteiger partial charge in [-0.05, 0) is 60.5 Å². The summed E-state index contributed by atoms with van der Waals surface area (Å²) >= 11 is 1.18. The average Bonchev–Trinajstić information content (AvgIpc) is 2.68. The van der Waals surface area contributed by atoms with E-state index in [1.807, 2.05) is 42.5 Å². The Kier molecular flexibility index (Phi) is 6.00. The highest BCUT2D eigenvalue weighted by atomic mass is 32.2. The van der Waals surface area contributed by atoms with Crippen LogP contribution in [-0.4, -0.2) is 13.0 Å². The number of hydrogen-bond donors (Lipinski definition) is 2. The van der Waals surface area contributed by atoms with Crippen LogP contribution >= 0.6 is 11.9 Å². The first kappa shape index (κ1) is 17.8. The number of nitrogens with one attached hydrogen (secondary N) is 1. The molecule has 0 spiro atoms. The van der Waals surface area contributed by atoms with E-state index in [9.17, 15) is 4.79 Å². The molecule has 0 bridgehead atoms. The second-order valence-electron chi connectivity index (χ2n) is 6.37. The predicted octanol–water partition coefficient (Wildman–Crippen LogP) is 4.57. The van der Waals surface area contributed by atoms with Gasteiger partial charge in [0.05, 0.1) is 7.11 Å². The lowest BCUT2D eigenvalue weighted by Gasteiger charge is -2.31. The fraction of sp³-hybridized carbons (Fsp3) is 0.350. The van der Waals surface area contributed by atoms with Gasteiger partial charge in [-0.2, -0.15) is 0 Å². The van der Waals surface area contributed by atoms with Crippen LogP contribution in [0.1, 0.15) is 37.2 Å². The molecule has 25 heavy (non-hydrogen) atoms. The van der Waals surface area contributed by atoms with E-state index >= 15 is 0 Å². The molecule has 5 heteroatoms. The van der Waals surface area contributed by atoms with Crippen LogP contribution in [0.2, 0.25) is 0 Å². The predicted molar refractivity (Wildman–Crippen MR) is 103 cm³/mol. The molecule has 1 aliphatic carbocycles. The minimum atomic E-state index is -0.0424. The van der Waals surface area contributed by atoms with Crippen LogP contribution < -0.4 is 15.2 Å². The van der Waals surface area contributed by atoms with Gasteiger partial charge in [-0.1, -0.05) is 37.1 Å². The first-order valence-electron chi connectivity index (χ1n) is 8.63. The normalized spacial score (nSPS) is 20.1. The van der Waals surface area contributed by atoms with Gasteiger partial charge >= 0.3 is 0 Å². The molecule has 0 aliphatic heterocycles. The minimum Gasteiger partial charge on any atom is -0.496 e. The van der Waals surface area contributed by atoms with Crippen LogP contribution in [0.5, 0.6) is 5.75 Å². The molecule has 2 aromatic carbocycles. The van der Waals surface area contributed by atoms with Crippen molar-refractivity contribution in [3.05, 3.63) is 54.1 Å². The molecule has 0 heterocycles. The van der Waals surface area contributed by atoms with Crippen LogP contribution in [0.3, 0.4) is 0 Å². The van der Waals surface area contributed by atoms with Gasteiger partial charge in [-0.3, -0.25) is 9.93 Å². The van der Waals surface area contributed by atoms with E-state index in [2.05, 4.69) is 11.4 Å². The number of hydrogen-bond acceptors (Lipinski definition) is 4. The Morgan fingerprint density at radius 3 is 2.76 bits per heavy atom. The third-order valence-electron chi connectivity index (χ3n) is 4.88. The lowest BCUT2D eigenvalue weighted by atomic mass is 9.74. The Hall–Kier alpha value is -1.98. The number of ether oxygens (including phenoxy) is 1. The summed E-state index contributed by atoms with van der Waals surface area (Å²) in [5.74, 6) is 1.10. The number of rotatable bonds is 5. The summed E-state index contributed by atoms with van der Waals surface area (Å²) in [4.78, 5) is 13.9. The van der Waals surface area contributed by atoms with E-state index in [4.69, 9.17) is 9.88 Å². The molecule has 132 valence electrons. The highest BCUT2D eigenvalue weighted by Crippen LogP contribution is 2.41. The Balaban J connectivity index is 1.81. The van der Waals surface area contributed by atoms with Crippen LogP contribution in [0.15, 0.2) is 53.4 Å². The highest BCUT2D eigenvalue weighted by molar-refractivity contribution is 7.97. The molecular formula is C20H24N2O2S. The zero-order chi connectivity index (χ0) is 17.6. The molecule has 1 fully saturated rings. The first-order valence-corrected chi connectivity index (χ1v) is 9.51. The van der Waals surface area contributed by atoms with Crippen LogP contribution in [0.25, 0.3) is 0 Å². The molecule has 0 saturated heterocycles. The van der Waals surface area contributed by atoms with Gasteiger partial charge in [0.15, 0.2) is 0 Å². The average molecular weight is 356 g/mol. The first-order chi connectivity index (χ1) is 12.2. The topological polar surface area (TPSA) is 64.3 Å². The van der Waals surface area contributed by atoms with Crippen molar-refractivity contribution in [3.8, 4) is 5.75 Å². The largest absolute Gasteiger partial charge is 0.496 e. The molecule has 0 aromatic heterocycles. The minimum absolute atomic E-state index is 0.0424. The summed E-state index contributed by atoms with van der Waals surface area (Å²) in [6, 6.07) is 15.7. The zero-order valence-corrected chi connectivity index (χ0v) is 15.2.